The SMILES string of the molecule is C=C(C)C(=O)Oc1c(O)c(O)c(O)c(O)c1O. The first kappa shape index (κ1) is 12.5. The molecule has 0 fully saturated rings. The lowest BCUT2D eigenvalue weighted by Gasteiger charge is -2.11. The van der Waals surface area contributed by atoms with Gasteiger partial charge in [-0.3, -0.25) is 0 Å². The zero-order valence-electron chi connectivity index (χ0n) is 8.76. The van der Waals surface area contributed by atoms with E-state index in [0.717, 1.165) is 0 Å². The molecule has 0 aliphatic carbocycles. The van der Waals surface area contributed by atoms with Crippen LogP contribution in [0.4, 0.5) is 0 Å². The molecule has 7 heteroatoms. The van der Waals surface area contributed by atoms with Gasteiger partial charge >= 0.3 is 5.97 Å². The number of carbonyl (C=O) groups is 1. The van der Waals surface area contributed by atoms with Crippen molar-refractivity contribution in [1.82, 2.24) is 0 Å². The largest absolute Gasteiger partial charge is 0.502 e. The third-order valence-electron chi connectivity index (χ3n) is 1.87. The van der Waals surface area contributed by atoms with Crippen LogP contribution in [-0.4, -0.2) is 31.5 Å². The number of benzene rings is 1. The second-order valence-electron chi connectivity index (χ2n) is 3.24. The van der Waals surface area contributed by atoms with Gasteiger partial charge < -0.3 is 30.3 Å². The van der Waals surface area contributed by atoms with Gasteiger partial charge in [0, 0.05) is 5.57 Å². The Balaban J connectivity index is 3.35. The maximum atomic E-state index is 11.2. The van der Waals surface area contributed by atoms with Gasteiger partial charge in [0.25, 0.3) is 0 Å². The van der Waals surface area contributed by atoms with Crippen molar-refractivity contribution in [2.24, 2.45) is 0 Å². The molecule has 0 unspecified atom stereocenters. The molecular formula is C10H10O7. The van der Waals surface area contributed by atoms with E-state index in [4.69, 9.17) is 15.3 Å². The maximum Gasteiger partial charge on any atom is 0.338 e. The summed E-state index contributed by atoms with van der Waals surface area (Å²) >= 11 is 0. The lowest BCUT2D eigenvalue weighted by molar-refractivity contribution is -0.130. The number of ether oxygens (including phenoxy) is 1. The smallest absolute Gasteiger partial charge is 0.338 e. The average Bonchev–Trinajstić information content (AvgIpc) is 2.29. The van der Waals surface area contributed by atoms with Crippen LogP contribution < -0.4 is 4.74 Å². The summed E-state index contributed by atoms with van der Waals surface area (Å²) in [5.41, 5.74) is -0.0316. The highest BCUT2D eigenvalue weighted by atomic mass is 16.5. The summed E-state index contributed by atoms with van der Waals surface area (Å²) in [7, 11) is 0. The van der Waals surface area contributed by atoms with E-state index in [9.17, 15) is 15.0 Å². The van der Waals surface area contributed by atoms with E-state index >= 15 is 0 Å². The molecule has 0 aromatic heterocycles. The van der Waals surface area contributed by atoms with E-state index in [0.29, 0.717) is 0 Å². The van der Waals surface area contributed by atoms with Gasteiger partial charge in [-0.05, 0) is 6.92 Å². The molecule has 0 atom stereocenters. The Bertz CT molecular complexity index is 475. The molecule has 0 radical (unpaired) electrons. The molecule has 7 nitrogen and oxygen atoms in total. The molecule has 92 valence electrons. The van der Waals surface area contributed by atoms with E-state index < -0.39 is 40.5 Å². The van der Waals surface area contributed by atoms with Gasteiger partial charge in [-0.1, -0.05) is 6.58 Å². The molecule has 1 rings (SSSR count). The molecule has 0 saturated carbocycles. The van der Waals surface area contributed by atoms with Gasteiger partial charge in [0.05, 0.1) is 0 Å². The lowest BCUT2D eigenvalue weighted by atomic mass is 10.2. The van der Waals surface area contributed by atoms with E-state index in [2.05, 4.69) is 11.3 Å². The Hall–Kier alpha value is -2.57. The van der Waals surface area contributed by atoms with Gasteiger partial charge in [0.15, 0.2) is 0 Å². The zero-order valence-corrected chi connectivity index (χ0v) is 8.76. The predicted molar refractivity (Wildman–Crippen MR) is 55.2 cm³/mol. The van der Waals surface area contributed by atoms with Crippen LogP contribution in [0.5, 0.6) is 34.5 Å². The first-order valence-electron chi connectivity index (χ1n) is 4.33. The highest BCUT2D eigenvalue weighted by Crippen LogP contribution is 2.55. The normalized spacial score (nSPS) is 9.94. The Labute approximate surface area is 95.4 Å². The quantitative estimate of drug-likeness (QED) is 0.170. The second-order valence-corrected chi connectivity index (χ2v) is 3.24. The van der Waals surface area contributed by atoms with Crippen LogP contribution in [0, 0.1) is 0 Å². The minimum absolute atomic E-state index is 0.0316. The summed E-state index contributed by atoms with van der Waals surface area (Å²) in [6.45, 7) is 4.58. The van der Waals surface area contributed by atoms with Gasteiger partial charge in [-0.2, -0.15) is 0 Å². The highest BCUT2D eigenvalue weighted by Gasteiger charge is 2.26. The minimum atomic E-state index is -1.13. The maximum absolute atomic E-state index is 11.2. The molecule has 0 aliphatic heterocycles. The summed E-state index contributed by atoms with van der Waals surface area (Å²) in [5.74, 6) is -7.38. The van der Waals surface area contributed by atoms with Gasteiger partial charge in [-0.25, -0.2) is 4.79 Å². The summed E-state index contributed by atoms with van der Waals surface area (Å²) in [6, 6.07) is 0. The van der Waals surface area contributed by atoms with Gasteiger partial charge in [0.2, 0.25) is 34.5 Å². The van der Waals surface area contributed by atoms with E-state index in [1.165, 1.54) is 6.92 Å². The van der Waals surface area contributed by atoms with E-state index in [1.807, 2.05) is 0 Å². The monoisotopic (exact) mass is 242 g/mol. The number of aromatic hydroxyl groups is 5. The Kier molecular flexibility index (Phi) is 3.03. The van der Waals surface area contributed by atoms with Crippen molar-refractivity contribution >= 4 is 5.97 Å². The van der Waals surface area contributed by atoms with Crippen LogP contribution in [0.25, 0.3) is 0 Å². The van der Waals surface area contributed by atoms with Crippen LogP contribution in [0.3, 0.4) is 0 Å². The van der Waals surface area contributed by atoms with Crippen LogP contribution in [0.15, 0.2) is 12.2 Å². The topological polar surface area (TPSA) is 127 Å². The molecule has 0 amide bonds. The Morgan fingerprint density at radius 3 is 1.65 bits per heavy atom. The van der Waals surface area contributed by atoms with E-state index in [1.54, 1.807) is 0 Å². The number of esters is 1. The molecule has 0 spiro atoms. The summed E-state index contributed by atoms with van der Waals surface area (Å²) in [4.78, 5) is 11.2. The molecule has 1 aromatic rings. The van der Waals surface area contributed by atoms with Crippen molar-refractivity contribution in [2.45, 2.75) is 6.92 Å². The van der Waals surface area contributed by atoms with Crippen LogP contribution in [0.2, 0.25) is 0 Å². The summed E-state index contributed by atoms with van der Waals surface area (Å²) in [5, 5.41) is 46.0. The number of hydrogen-bond acceptors (Lipinski definition) is 7. The first-order chi connectivity index (χ1) is 7.77. The van der Waals surface area contributed by atoms with Crippen LogP contribution in [-0.2, 0) is 4.79 Å². The molecule has 0 bridgehead atoms. The third kappa shape index (κ3) is 2.03. The Morgan fingerprint density at radius 1 is 0.941 bits per heavy atom. The standard InChI is InChI=1S/C10H10O7/c1-3(2)10(16)17-9-7(14)5(12)4(11)6(13)8(9)15/h11-15H,1H2,2H3. The zero-order chi connectivity index (χ0) is 13.3. The van der Waals surface area contributed by atoms with Crippen LogP contribution >= 0.6 is 0 Å². The fourth-order valence-corrected chi connectivity index (χ4v) is 0.940. The van der Waals surface area contributed by atoms with Crippen molar-refractivity contribution in [1.29, 1.82) is 0 Å². The minimum Gasteiger partial charge on any atom is -0.502 e. The lowest BCUT2D eigenvalue weighted by Crippen LogP contribution is -2.08. The molecule has 0 heterocycles. The van der Waals surface area contributed by atoms with Crippen LogP contribution in [0.1, 0.15) is 6.92 Å². The number of rotatable bonds is 2. The fraction of sp³-hybridized carbons (Fsp3) is 0.100. The Morgan fingerprint density at radius 2 is 1.29 bits per heavy atom. The highest BCUT2D eigenvalue weighted by molar-refractivity contribution is 5.90. The molecule has 0 saturated heterocycles. The predicted octanol–water partition coefficient (Wildman–Crippen LogP) is 0.696. The molecule has 17 heavy (non-hydrogen) atoms. The van der Waals surface area contributed by atoms with Crippen molar-refractivity contribution in [3.8, 4) is 34.5 Å². The number of phenols is 5. The number of phenolic OH excluding ortho intramolecular Hbond substituents is 5. The summed E-state index contributed by atoms with van der Waals surface area (Å²) < 4.78 is 4.48. The number of carbonyl (C=O) groups excluding carboxylic acids is 1. The van der Waals surface area contributed by atoms with Crippen molar-refractivity contribution in [3.05, 3.63) is 12.2 Å². The van der Waals surface area contributed by atoms with Gasteiger partial charge in [-0.15, -0.1) is 0 Å². The van der Waals surface area contributed by atoms with E-state index in [-0.39, 0.29) is 5.57 Å². The molecule has 5 N–H and O–H groups in total. The first-order valence-corrected chi connectivity index (χ1v) is 4.33. The van der Waals surface area contributed by atoms with Gasteiger partial charge in [0.1, 0.15) is 0 Å². The summed E-state index contributed by atoms with van der Waals surface area (Å²) in [6.07, 6.45) is 0. The van der Waals surface area contributed by atoms with Crippen molar-refractivity contribution in [3.63, 3.8) is 0 Å². The average molecular weight is 242 g/mol. The fourth-order valence-electron chi connectivity index (χ4n) is 0.940. The molecular weight excluding hydrogens is 232 g/mol. The van der Waals surface area contributed by atoms with Crippen molar-refractivity contribution in [2.75, 3.05) is 0 Å². The van der Waals surface area contributed by atoms with Crippen molar-refractivity contribution < 1.29 is 35.1 Å². The molecule has 1 aromatic carbocycles. The second kappa shape index (κ2) is 4.12. The number of hydrogen-bond donors (Lipinski definition) is 5. The third-order valence-corrected chi connectivity index (χ3v) is 1.87. The molecule has 0 aliphatic rings.